The summed E-state index contributed by atoms with van der Waals surface area (Å²) in [6.07, 6.45) is 7.67. The van der Waals surface area contributed by atoms with E-state index in [1.165, 1.54) is 32.1 Å². The number of carbonyl (C=O) groups excluding carboxylic acids is 1. The first-order valence-electron chi connectivity index (χ1n) is 7.16. The highest BCUT2D eigenvalue weighted by molar-refractivity contribution is 5.74. The SMILES string of the molecule is CC(CC(N)=O)NC1C2CC3CC(C2)CC1C3. The van der Waals surface area contributed by atoms with Gasteiger partial charge in [0.2, 0.25) is 5.91 Å². The second-order valence-corrected chi connectivity index (χ2v) is 6.69. The summed E-state index contributed by atoms with van der Waals surface area (Å²) in [6, 6.07) is 0.909. The van der Waals surface area contributed by atoms with E-state index in [9.17, 15) is 4.79 Å². The molecule has 3 N–H and O–H groups in total. The normalized spacial score (nSPS) is 44.9. The van der Waals surface area contributed by atoms with E-state index in [0.29, 0.717) is 12.5 Å². The van der Waals surface area contributed by atoms with Crippen molar-refractivity contribution in [3.8, 4) is 0 Å². The van der Waals surface area contributed by atoms with Crippen molar-refractivity contribution in [3.63, 3.8) is 0 Å². The number of nitrogens with two attached hydrogens (primary N) is 1. The fourth-order valence-corrected chi connectivity index (χ4v) is 4.89. The maximum atomic E-state index is 10.9. The molecule has 1 amide bonds. The Bertz CT molecular complexity index is 287. The lowest BCUT2D eigenvalue weighted by molar-refractivity contribution is -0.118. The molecule has 0 saturated heterocycles. The predicted molar refractivity (Wildman–Crippen MR) is 67.2 cm³/mol. The lowest BCUT2D eigenvalue weighted by atomic mass is 9.54. The molecule has 0 aliphatic heterocycles. The maximum absolute atomic E-state index is 10.9. The first-order chi connectivity index (χ1) is 8.11. The van der Waals surface area contributed by atoms with E-state index < -0.39 is 0 Å². The molecule has 4 fully saturated rings. The number of primary amides is 1. The van der Waals surface area contributed by atoms with Crippen LogP contribution in [0.5, 0.6) is 0 Å². The van der Waals surface area contributed by atoms with Gasteiger partial charge < -0.3 is 11.1 Å². The maximum Gasteiger partial charge on any atom is 0.218 e. The predicted octanol–water partition coefficient (Wildman–Crippen LogP) is 1.66. The Balaban J connectivity index is 1.62. The molecule has 0 aromatic rings. The zero-order valence-electron chi connectivity index (χ0n) is 10.7. The van der Waals surface area contributed by atoms with Crippen LogP contribution in [0.4, 0.5) is 0 Å². The van der Waals surface area contributed by atoms with Crippen LogP contribution in [0.1, 0.15) is 45.4 Å². The third kappa shape index (κ3) is 2.22. The molecule has 96 valence electrons. The second-order valence-electron chi connectivity index (χ2n) is 6.69. The molecule has 17 heavy (non-hydrogen) atoms. The molecule has 4 saturated carbocycles. The minimum Gasteiger partial charge on any atom is -0.370 e. The van der Waals surface area contributed by atoms with Crippen molar-refractivity contribution in [1.82, 2.24) is 5.32 Å². The van der Waals surface area contributed by atoms with Crippen LogP contribution in [0.25, 0.3) is 0 Å². The smallest absolute Gasteiger partial charge is 0.218 e. The molecule has 0 radical (unpaired) electrons. The van der Waals surface area contributed by atoms with Gasteiger partial charge in [0, 0.05) is 18.5 Å². The molecular weight excluding hydrogens is 212 g/mol. The minimum atomic E-state index is -0.186. The summed E-state index contributed by atoms with van der Waals surface area (Å²) in [7, 11) is 0. The van der Waals surface area contributed by atoms with Gasteiger partial charge in [-0.15, -0.1) is 0 Å². The van der Waals surface area contributed by atoms with Gasteiger partial charge in [0.1, 0.15) is 0 Å². The first-order valence-corrected chi connectivity index (χ1v) is 7.16. The van der Waals surface area contributed by atoms with Crippen molar-refractivity contribution < 1.29 is 4.79 Å². The lowest BCUT2D eigenvalue weighted by Crippen LogP contribution is -2.56. The molecule has 0 aromatic carbocycles. The number of hydrogen-bond donors (Lipinski definition) is 2. The van der Waals surface area contributed by atoms with Crippen LogP contribution in [-0.2, 0) is 4.79 Å². The summed E-state index contributed by atoms with van der Waals surface area (Å²) in [5.41, 5.74) is 5.26. The highest BCUT2D eigenvalue weighted by Crippen LogP contribution is 2.53. The standard InChI is InChI=1S/C14H24N2O/c1-8(2-13(15)17)16-14-11-4-9-3-10(6-11)7-12(14)5-9/h8-12,14,16H,2-7H2,1H3,(H2,15,17). The van der Waals surface area contributed by atoms with E-state index in [2.05, 4.69) is 12.2 Å². The van der Waals surface area contributed by atoms with Crippen molar-refractivity contribution >= 4 is 5.91 Å². The van der Waals surface area contributed by atoms with Crippen molar-refractivity contribution in [3.05, 3.63) is 0 Å². The molecule has 3 heteroatoms. The van der Waals surface area contributed by atoms with Gasteiger partial charge in [-0.25, -0.2) is 0 Å². The van der Waals surface area contributed by atoms with Gasteiger partial charge >= 0.3 is 0 Å². The summed E-state index contributed by atoms with van der Waals surface area (Å²) in [5, 5.41) is 3.69. The fraction of sp³-hybridized carbons (Fsp3) is 0.929. The molecule has 4 rings (SSSR count). The number of amides is 1. The van der Waals surface area contributed by atoms with E-state index in [1.807, 2.05) is 0 Å². The number of nitrogens with one attached hydrogen (secondary N) is 1. The van der Waals surface area contributed by atoms with E-state index in [1.54, 1.807) is 0 Å². The lowest BCUT2D eigenvalue weighted by Gasteiger charge is -2.55. The van der Waals surface area contributed by atoms with Gasteiger partial charge in [-0.05, 0) is 62.7 Å². The summed E-state index contributed by atoms with van der Waals surface area (Å²) in [5.74, 6) is 3.60. The average molecular weight is 236 g/mol. The van der Waals surface area contributed by atoms with Gasteiger partial charge in [0.15, 0.2) is 0 Å². The first kappa shape index (κ1) is 11.5. The quantitative estimate of drug-likeness (QED) is 0.780. The third-order valence-electron chi connectivity index (χ3n) is 5.21. The summed E-state index contributed by atoms with van der Waals surface area (Å²) in [4.78, 5) is 10.9. The van der Waals surface area contributed by atoms with Gasteiger partial charge in [0.05, 0.1) is 0 Å². The third-order valence-corrected chi connectivity index (χ3v) is 5.21. The van der Waals surface area contributed by atoms with Crippen molar-refractivity contribution in [1.29, 1.82) is 0 Å². The molecule has 4 aliphatic rings. The van der Waals surface area contributed by atoms with Crippen LogP contribution in [0.2, 0.25) is 0 Å². The molecule has 4 bridgehead atoms. The van der Waals surface area contributed by atoms with Gasteiger partial charge in [-0.1, -0.05) is 0 Å². The Labute approximate surface area is 104 Å². The monoisotopic (exact) mass is 236 g/mol. The summed E-state index contributed by atoms with van der Waals surface area (Å²) >= 11 is 0. The molecule has 0 heterocycles. The summed E-state index contributed by atoms with van der Waals surface area (Å²) in [6.45, 7) is 2.09. The van der Waals surface area contributed by atoms with Gasteiger partial charge in [-0.3, -0.25) is 4.79 Å². The molecule has 3 nitrogen and oxygen atoms in total. The van der Waals surface area contributed by atoms with Crippen LogP contribution < -0.4 is 11.1 Å². The van der Waals surface area contributed by atoms with Crippen LogP contribution in [-0.4, -0.2) is 18.0 Å². The van der Waals surface area contributed by atoms with Crippen LogP contribution in [0, 0.1) is 23.7 Å². The second kappa shape index (κ2) is 4.27. The van der Waals surface area contributed by atoms with E-state index in [4.69, 9.17) is 5.73 Å². The zero-order chi connectivity index (χ0) is 12.0. The average Bonchev–Trinajstić information content (AvgIpc) is 2.21. The number of hydrogen-bond acceptors (Lipinski definition) is 2. The molecule has 4 aliphatic carbocycles. The Hall–Kier alpha value is -0.570. The van der Waals surface area contributed by atoms with Gasteiger partial charge in [-0.2, -0.15) is 0 Å². The summed E-state index contributed by atoms with van der Waals surface area (Å²) < 4.78 is 0. The van der Waals surface area contributed by atoms with Crippen LogP contribution >= 0.6 is 0 Å². The fourth-order valence-electron chi connectivity index (χ4n) is 4.89. The molecule has 1 unspecified atom stereocenters. The number of rotatable bonds is 4. The minimum absolute atomic E-state index is 0.186. The van der Waals surface area contributed by atoms with Crippen molar-refractivity contribution in [2.75, 3.05) is 0 Å². The van der Waals surface area contributed by atoms with Crippen molar-refractivity contribution in [2.45, 2.75) is 57.5 Å². The zero-order valence-corrected chi connectivity index (χ0v) is 10.7. The Kier molecular flexibility index (Phi) is 2.89. The van der Waals surface area contributed by atoms with E-state index in [-0.39, 0.29) is 11.9 Å². The highest BCUT2D eigenvalue weighted by atomic mass is 16.1. The van der Waals surface area contributed by atoms with Gasteiger partial charge in [0.25, 0.3) is 0 Å². The molecular formula is C14H24N2O. The highest BCUT2D eigenvalue weighted by Gasteiger charge is 2.48. The van der Waals surface area contributed by atoms with E-state index in [0.717, 1.165) is 23.7 Å². The Morgan fingerprint density at radius 1 is 1.18 bits per heavy atom. The molecule has 0 aromatic heterocycles. The molecule has 1 atom stereocenters. The van der Waals surface area contributed by atoms with Crippen LogP contribution in [0.3, 0.4) is 0 Å². The Morgan fingerprint density at radius 2 is 1.71 bits per heavy atom. The van der Waals surface area contributed by atoms with E-state index >= 15 is 0 Å². The Morgan fingerprint density at radius 3 is 2.18 bits per heavy atom. The van der Waals surface area contributed by atoms with Crippen molar-refractivity contribution in [2.24, 2.45) is 29.4 Å². The number of carbonyl (C=O) groups is 1. The largest absolute Gasteiger partial charge is 0.370 e. The molecule has 0 spiro atoms. The van der Waals surface area contributed by atoms with Crippen LogP contribution in [0.15, 0.2) is 0 Å². The topological polar surface area (TPSA) is 55.1 Å².